The maximum atomic E-state index is 12.6. The second-order valence-corrected chi connectivity index (χ2v) is 6.92. The minimum Gasteiger partial charge on any atom is -0.483 e. The molecule has 0 spiro atoms. The van der Waals surface area contributed by atoms with Gasteiger partial charge in [-0.15, -0.1) is 0 Å². The monoisotopic (exact) mass is 408 g/mol. The van der Waals surface area contributed by atoms with E-state index in [-0.39, 0.29) is 18.4 Å². The van der Waals surface area contributed by atoms with Crippen molar-refractivity contribution in [1.82, 2.24) is 4.90 Å². The third-order valence-corrected chi connectivity index (χ3v) is 4.48. The molecular weight excluding hydrogens is 388 g/mol. The number of nitrogens with zero attached hydrogens (tertiary/aromatic N) is 1. The van der Waals surface area contributed by atoms with Crippen LogP contribution in [0.1, 0.15) is 15.9 Å². The van der Waals surface area contributed by atoms with Crippen LogP contribution < -0.4 is 10.1 Å². The van der Waals surface area contributed by atoms with E-state index in [4.69, 9.17) is 16.3 Å². The third-order valence-electron chi connectivity index (χ3n) is 4.25. The highest BCUT2D eigenvalue weighted by atomic mass is 35.5. The fourth-order valence-corrected chi connectivity index (χ4v) is 2.96. The molecule has 0 radical (unpaired) electrons. The average molecular weight is 409 g/mol. The van der Waals surface area contributed by atoms with Gasteiger partial charge >= 0.3 is 0 Å². The molecule has 0 fully saturated rings. The average Bonchev–Trinajstić information content (AvgIpc) is 2.73. The Morgan fingerprint density at radius 1 is 0.966 bits per heavy atom. The molecule has 5 nitrogen and oxygen atoms in total. The van der Waals surface area contributed by atoms with Gasteiger partial charge in [-0.3, -0.25) is 9.59 Å². The summed E-state index contributed by atoms with van der Waals surface area (Å²) in [5.41, 5.74) is 1.97. The van der Waals surface area contributed by atoms with E-state index in [1.54, 1.807) is 54.4 Å². The molecule has 0 aliphatic heterocycles. The van der Waals surface area contributed by atoms with Crippen LogP contribution >= 0.6 is 11.6 Å². The Labute approximate surface area is 174 Å². The smallest absolute Gasteiger partial charge is 0.260 e. The minimum absolute atomic E-state index is 0.174. The number of carbonyl (C=O) groups excluding carboxylic acids is 2. The Morgan fingerprint density at radius 2 is 1.69 bits per heavy atom. The zero-order valence-electron chi connectivity index (χ0n) is 16.0. The van der Waals surface area contributed by atoms with Crippen molar-refractivity contribution in [3.05, 3.63) is 95.0 Å². The number of anilines is 1. The maximum absolute atomic E-state index is 12.6. The lowest BCUT2D eigenvalue weighted by molar-refractivity contribution is -0.132. The van der Waals surface area contributed by atoms with Crippen LogP contribution in [-0.2, 0) is 11.3 Å². The number of likely N-dealkylation sites (N-methyl/N-ethyl adjacent to an activating group) is 1. The predicted molar refractivity (Wildman–Crippen MR) is 114 cm³/mol. The van der Waals surface area contributed by atoms with E-state index >= 15 is 0 Å². The van der Waals surface area contributed by atoms with Crippen LogP contribution in [0.5, 0.6) is 5.75 Å². The fraction of sp³-hybridized carbons (Fsp3) is 0.130. The lowest BCUT2D eigenvalue weighted by Gasteiger charge is -2.18. The largest absolute Gasteiger partial charge is 0.483 e. The highest BCUT2D eigenvalue weighted by molar-refractivity contribution is 6.30. The van der Waals surface area contributed by atoms with Gasteiger partial charge in [-0.1, -0.05) is 54.1 Å². The number of nitrogens with one attached hydrogen (secondary N) is 1. The molecule has 0 saturated carbocycles. The number of carbonyl (C=O) groups is 2. The van der Waals surface area contributed by atoms with Gasteiger partial charge in [0.05, 0.1) is 5.56 Å². The van der Waals surface area contributed by atoms with Crippen molar-refractivity contribution >= 4 is 29.1 Å². The van der Waals surface area contributed by atoms with Crippen LogP contribution in [0.2, 0.25) is 5.02 Å². The lowest BCUT2D eigenvalue weighted by atomic mass is 10.2. The van der Waals surface area contributed by atoms with Crippen molar-refractivity contribution < 1.29 is 14.3 Å². The molecule has 0 saturated heterocycles. The van der Waals surface area contributed by atoms with E-state index in [0.29, 0.717) is 28.6 Å². The highest BCUT2D eigenvalue weighted by Crippen LogP contribution is 2.20. The summed E-state index contributed by atoms with van der Waals surface area (Å²) in [7, 11) is 1.70. The Kier molecular flexibility index (Phi) is 6.87. The second-order valence-electron chi connectivity index (χ2n) is 6.48. The molecular formula is C23H21ClN2O3. The van der Waals surface area contributed by atoms with Gasteiger partial charge < -0.3 is 15.0 Å². The molecule has 6 heteroatoms. The Balaban J connectivity index is 1.61. The molecule has 2 amide bonds. The first-order valence-corrected chi connectivity index (χ1v) is 9.47. The molecule has 3 rings (SSSR count). The fourth-order valence-electron chi connectivity index (χ4n) is 2.75. The molecule has 0 bridgehead atoms. The summed E-state index contributed by atoms with van der Waals surface area (Å²) in [6, 6.07) is 23.3. The van der Waals surface area contributed by atoms with Crippen LogP contribution in [0.15, 0.2) is 78.9 Å². The molecule has 3 aromatic carbocycles. The Hall–Kier alpha value is -3.31. The second kappa shape index (κ2) is 9.75. The lowest BCUT2D eigenvalue weighted by Crippen LogP contribution is -2.31. The number of ether oxygens (including phenoxy) is 1. The highest BCUT2D eigenvalue weighted by Gasteiger charge is 2.15. The number of para-hydroxylation sites is 2. The van der Waals surface area contributed by atoms with Crippen LogP contribution in [0.25, 0.3) is 0 Å². The number of benzene rings is 3. The summed E-state index contributed by atoms with van der Waals surface area (Å²) in [5, 5.41) is 3.44. The van der Waals surface area contributed by atoms with Crippen LogP contribution in [0.4, 0.5) is 5.69 Å². The van der Waals surface area contributed by atoms with Gasteiger partial charge in [-0.05, 0) is 42.0 Å². The topological polar surface area (TPSA) is 58.6 Å². The Morgan fingerprint density at radius 3 is 2.45 bits per heavy atom. The summed E-state index contributed by atoms with van der Waals surface area (Å²) in [6.07, 6.45) is 0. The summed E-state index contributed by atoms with van der Waals surface area (Å²) < 4.78 is 5.66. The zero-order valence-corrected chi connectivity index (χ0v) is 16.7. The van der Waals surface area contributed by atoms with Gasteiger partial charge in [0.1, 0.15) is 5.75 Å². The van der Waals surface area contributed by atoms with Crippen LogP contribution in [0.3, 0.4) is 0 Å². The predicted octanol–water partition coefficient (Wildman–Crippen LogP) is 4.63. The molecule has 29 heavy (non-hydrogen) atoms. The summed E-state index contributed by atoms with van der Waals surface area (Å²) in [4.78, 5) is 26.6. The normalized spacial score (nSPS) is 10.3. The van der Waals surface area contributed by atoms with E-state index in [2.05, 4.69) is 5.32 Å². The SMILES string of the molecule is CN(Cc1cccc(Cl)c1)C(=O)COc1ccccc1C(=O)Nc1ccccc1. The first kappa shape index (κ1) is 20.4. The van der Waals surface area contributed by atoms with E-state index in [9.17, 15) is 9.59 Å². The number of rotatable bonds is 7. The van der Waals surface area contributed by atoms with Crippen molar-refractivity contribution in [2.24, 2.45) is 0 Å². The Bertz CT molecular complexity index is 992. The molecule has 0 heterocycles. The standard InChI is InChI=1S/C23H21ClN2O3/c1-26(15-17-8-7-9-18(24)14-17)22(27)16-29-21-13-6-5-12-20(21)23(28)25-19-10-3-2-4-11-19/h2-14H,15-16H2,1H3,(H,25,28). The molecule has 3 aromatic rings. The first-order chi connectivity index (χ1) is 14.0. The van der Waals surface area contributed by atoms with E-state index in [1.807, 2.05) is 36.4 Å². The first-order valence-electron chi connectivity index (χ1n) is 9.09. The number of hydrogen-bond donors (Lipinski definition) is 1. The van der Waals surface area contributed by atoms with Crippen molar-refractivity contribution in [3.8, 4) is 5.75 Å². The molecule has 0 unspecified atom stereocenters. The van der Waals surface area contributed by atoms with E-state index < -0.39 is 0 Å². The molecule has 0 atom stereocenters. The van der Waals surface area contributed by atoms with Crippen molar-refractivity contribution in [2.45, 2.75) is 6.54 Å². The zero-order chi connectivity index (χ0) is 20.6. The van der Waals surface area contributed by atoms with E-state index in [1.165, 1.54) is 0 Å². The van der Waals surface area contributed by atoms with Crippen molar-refractivity contribution in [2.75, 3.05) is 19.0 Å². The van der Waals surface area contributed by atoms with Gasteiger partial charge in [-0.2, -0.15) is 0 Å². The van der Waals surface area contributed by atoms with Gasteiger partial charge in [0.15, 0.2) is 6.61 Å². The van der Waals surface area contributed by atoms with Gasteiger partial charge in [0.2, 0.25) is 0 Å². The summed E-state index contributed by atoms with van der Waals surface area (Å²) >= 11 is 5.99. The van der Waals surface area contributed by atoms with Gasteiger partial charge in [0, 0.05) is 24.3 Å². The van der Waals surface area contributed by atoms with Gasteiger partial charge in [-0.25, -0.2) is 0 Å². The quantitative estimate of drug-likeness (QED) is 0.620. The van der Waals surface area contributed by atoms with E-state index in [0.717, 1.165) is 5.56 Å². The minimum atomic E-state index is -0.300. The molecule has 148 valence electrons. The summed E-state index contributed by atoms with van der Waals surface area (Å²) in [6.45, 7) is 0.242. The molecule has 0 aliphatic rings. The molecule has 1 N–H and O–H groups in total. The number of halogens is 1. The molecule has 0 aliphatic carbocycles. The number of amides is 2. The van der Waals surface area contributed by atoms with Crippen LogP contribution in [-0.4, -0.2) is 30.4 Å². The number of hydrogen-bond acceptors (Lipinski definition) is 3. The summed E-state index contributed by atoms with van der Waals surface area (Å²) in [5.74, 6) is -0.153. The van der Waals surface area contributed by atoms with Crippen LogP contribution in [0, 0.1) is 0 Å². The third kappa shape index (κ3) is 5.83. The molecule has 0 aromatic heterocycles. The van der Waals surface area contributed by atoms with Crippen molar-refractivity contribution in [1.29, 1.82) is 0 Å². The van der Waals surface area contributed by atoms with Gasteiger partial charge in [0.25, 0.3) is 11.8 Å². The van der Waals surface area contributed by atoms with Crippen molar-refractivity contribution in [3.63, 3.8) is 0 Å². The maximum Gasteiger partial charge on any atom is 0.260 e.